The van der Waals surface area contributed by atoms with Crippen molar-refractivity contribution in [2.45, 2.75) is 19.9 Å². The minimum absolute atomic E-state index is 0.219. The fraction of sp³-hybridized carbons (Fsp3) is 0.250. The van der Waals surface area contributed by atoms with Gasteiger partial charge in [0, 0.05) is 12.2 Å². The third-order valence-electron chi connectivity index (χ3n) is 4.21. The van der Waals surface area contributed by atoms with Crippen LogP contribution < -0.4 is 15.4 Å². The van der Waals surface area contributed by atoms with E-state index in [0.717, 1.165) is 11.4 Å². The average molecular weight is 390 g/mol. The molecule has 0 saturated carbocycles. The number of rotatable bonds is 8. The summed E-state index contributed by atoms with van der Waals surface area (Å²) in [6, 6.07) is 11.7. The number of hydrogen-bond donors (Lipinski definition) is 2. The number of hydrogen-bond acceptors (Lipinski definition) is 8. The number of anilines is 3. The first kappa shape index (κ1) is 18.6. The smallest absolute Gasteiger partial charge is 0.232 e. The summed E-state index contributed by atoms with van der Waals surface area (Å²) in [6.45, 7) is 5.24. The molecule has 2 N–H and O–H groups in total. The van der Waals surface area contributed by atoms with Crippen molar-refractivity contribution in [2.75, 3.05) is 23.8 Å². The Hall–Kier alpha value is -3.75. The van der Waals surface area contributed by atoms with Gasteiger partial charge in [-0.3, -0.25) is 0 Å². The van der Waals surface area contributed by atoms with Crippen molar-refractivity contribution in [3.63, 3.8) is 0 Å². The van der Waals surface area contributed by atoms with Crippen LogP contribution in [0.2, 0.25) is 0 Å². The maximum atomic E-state index is 5.75. The molecular formula is C20H22N8O. The van der Waals surface area contributed by atoms with Crippen molar-refractivity contribution in [1.29, 1.82) is 0 Å². The summed E-state index contributed by atoms with van der Waals surface area (Å²) in [7, 11) is 0. The van der Waals surface area contributed by atoms with Gasteiger partial charge in [-0.25, -0.2) is 15.0 Å². The molecule has 0 bridgehead atoms. The number of aromatic nitrogens is 6. The molecule has 0 radical (unpaired) electrons. The summed E-state index contributed by atoms with van der Waals surface area (Å²) < 4.78 is 7.75. The van der Waals surface area contributed by atoms with E-state index in [1.807, 2.05) is 34.9 Å². The van der Waals surface area contributed by atoms with Gasteiger partial charge in [-0.15, -0.1) is 0 Å². The van der Waals surface area contributed by atoms with Gasteiger partial charge in [0.1, 0.15) is 24.5 Å². The summed E-state index contributed by atoms with van der Waals surface area (Å²) >= 11 is 0. The number of nitrogens with one attached hydrogen (secondary N) is 2. The maximum absolute atomic E-state index is 5.75. The van der Waals surface area contributed by atoms with Crippen LogP contribution in [0.25, 0.3) is 11.2 Å². The van der Waals surface area contributed by atoms with Crippen LogP contribution in [0.5, 0.6) is 5.75 Å². The Morgan fingerprint density at radius 1 is 1.07 bits per heavy atom. The molecule has 0 aliphatic rings. The predicted octanol–water partition coefficient (Wildman–Crippen LogP) is 3.43. The molecule has 0 saturated heterocycles. The van der Waals surface area contributed by atoms with Crippen molar-refractivity contribution in [1.82, 2.24) is 29.5 Å². The molecule has 0 amide bonds. The number of fused-ring (bicyclic) bond motifs is 1. The second-order valence-corrected chi connectivity index (χ2v) is 6.62. The largest absolute Gasteiger partial charge is 0.492 e. The Morgan fingerprint density at radius 2 is 1.93 bits per heavy atom. The Labute approximate surface area is 168 Å². The molecule has 4 aromatic rings. The fourth-order valence-corrected chi connectivity index (χ4v) is 2.81. The normalized spacial score (nSPS) is 11.0. The van der Waals surface area contributed by atoms with E-state index in [0.29, 0.717) is 36.3 Å². The fourth-order valence-electron chi connectivity index (χ4n) is 2.81. The Balaban J connectivity index is 1.55. The lowest BCUT2D eigenvalue weighted by Crippen LogP contribution is -2.14. The lowest BCUT2D eigenvalue weighted by molar-refractivity contribution is 0.333. The molecule has 3 aromatic heterocycles. The van der Waals surface area contributed by atoms with E-state index in [9.17, 15) is 0 Å². The average Bonchev–Trinajstić information content (AvgIpc) is 3.17. The monoisotopic (exact) mass is 390 g/mol. The van der Waals surface area contributed by atoms with Crippen LogP contribution in [0.4, 0.5) is 17.6 Å². The molecule has 0 unspecified atom stereocenters. The van der Waals surface area contributed by atoms with Gasteiger partial charge in [-0.05, 0) is 32.0 Å². The lowest BCUT2D eigenvalue weighted by Gasteiger charge is -2.12. The first-order valence-corrected chi connectivity index (χ1v) is 9.40. The Morgan fingerprint density at radius 3 is 2.69 bits per heavy atom. The number of nitrogens with zero attached hydrogens (tertiary/aromatic N) is 6. The molecule has 9 nitrogen and oxygen atoms in total. The van der Waals surface area contributed by atoms with Crippen LogP contribution in [-0.4, -0.2) is 42.6 Å². The molecule has 0 fully saturated rings. The van der Waals surface area contributed by atoms with Crippen LogP contribution in [0.3, 0.4) is 0 Å². The lowest BCUT2D eigenvalue weighted by atomic mass is 10.3. The van der Waals surface area contributed by atoms with Crippen LogP contribution >= 0.6 is 0 Å². The van der Waals surface area contributed by atoms with E-state index < -0.39 is 0 Å². The highest BCUT2D eigenvalue weighted by Gasteiger charge is 2.15. The van der Waals surface area contributed by atoms with Gasteiger partial charge in [-0.1, -0.05) is 18.2 Å². The molecule has 1 aromatic carbocycles. The van der Waals surface area contributed by atoms with Crippen molar-refractivity contribution < 1.29 is 4.74 Å². The van der Waals surface area contributed by atoms with E-state index >= 15 is 0 Å². The number of para-hydroxylation sites is 1. The van der Waals surface area contributed by atoms with Gasteiger partial charge >= 0.3 is 0 Å². The molecule has 148 valence electrons. The second-order valence-electron chi connectivity index (χ2n) is 6.62. The number of imidazole rings is 1. The number of ether oxygens (including phenoxy) is 1. The molecule has 0 aliphatic carbocycles. The highest BCUT2D eigenvalue weighted by atomic mass is 16.5. The first-order valence-electron chi connectivity index (χ1n) is 9.40. The summed E-state index contributed by atoms with van der Waals surface area (Å²) in [5.74, 6) is 2.53. The quantitative estimate of drug-likeness (QED) is 0.441. The van der Waals surface area contributed by atoms with Crippen molar-refractivity contribution in [2.24, 2.45) is 0 Å². The molecule has 29 heavy (non-hydrogen) atoms. The van der Waals surface area contributed by atoms with E-state index in [4.69, 9.17) is 4.74 Å². The van der Waals surface area contributed by atoms with E-state index in [1.165, 1.54) is 6.33 Å². The second kappa shape index (κ2) is 8.51. The summed E-state index contributed by atoms with van der Waals surface area (Å²) in [5, 5.41) is 6.43. The van der Waals surface area contributed by atoms with Gasteiger partial charge in [0.2, 0.25) is 5.95 Å². The topological polar surface area (TPSA) is 103 Å². The third kappa shape index (κ3) is 4.40. The Kier molecular flexibility index (Phi) is 5.46. The van der Waals surface area contributed by atoms with Crippen LogP contribution in [0.15, 0.2) is 55.2 Å². The zero-order valence-corrected chi connectivity index (χ0v) is 16.3. The minimum atomic E-state index is 0.219. The third-order valence-corrected chi connectivity index (χ3v) is 4.21. The molecular weight excluding hydrogens is 368 g/mol. The van der Waals surface area contributed by atoms with Crippen LogP contribution in [0.1, 0.15) is 19.9 Å². The standard InChI is InChI=1S/C20H22N8O/c1-14(2)28-13-24-17-18(22-10-11-29-15-6-4-3-5-7-15)26-20(27-19(17)28)25-16-8-9-21-12-23-16/h3-9,12-14H,10-11H2,1-2H3,(H2,21,22,23,25,26,27). The van der Waals surface area contributed by atoms with Gasteiger partial charge in [0.25, 0.3) is 0 Å². The van der Waals surface area contributed by atoms with E-state index in [-0.39, 0.29) is 6.04 Å². The van der Waals surface area contributed by atoms with Crippen LogP contribution in [-0.2, 0) is 0 Å². The first-order chi connectivity index (χ1) is 14.2. The van der Waals surface area contributed by atoms with Crippen molar-refractivity contribution in [3.8, 4) is 5.75 Å². The van der Waals surface area contributed by atoms with Crippen LogP contribution in [0, 0.1) is 0 Å². The molecule has 9 heteroatoms. The van der Waals surface area contributed by atoms with Gasteiger partial charge in [0.05, 0.1) is 12.9 Å². The zero-order chi connectivity index (χ0) is 20.1. The SMILES string of the molecule is CC(C)n1cnc2c(NCCOc3ccccc3)nc(Nc3ccncn3)nc21. The van der Waals surface area contributed by atoms with Gasteiger partial charge in [0.15, 0.2) is 17.0 Å². The molecule has 0 spiro atoms. The van der Waals surface area contributed by atoms with Crippen molar-refractivity contribution in [3.05, 3.63) is 55.2 Å². The van der Waals surface area contributed by atoms with Gasteiger partial charge < -0.3 is 19.9 Å². The highest BCUT2D eigenvalue weighted by Crippen LogP contribution is 2.24. The molecule has 0 atom stereocenters. The van der Waals surface area contributed by atoms with Gasteiger partial charge in [-0.2, -0.15) is 9.97 Å². The predicted molar refractivity (Wildman–Crippen MR) is 111 cm³/mol. The Bertz CT molecular complexity index is 1070. The van der Waals surface area contributed by atoms with Crippen molar-refractivity contribution >= 4 is 28.7 Å². The highest BCUT2D eigenvalue weighted by molar-refractivity contribution is 5.84. The molecule has 4 rings (SSSR count). The minimum Gasteiger partial charge on any atom is -0.492 e. The summed E-state index contributed by atoms with van der Waals surface area (Å²) in [5.41, 5.74) is 1.46. The maximum Gasteiger partial charge on any atom is 0.232 e. The van der Waals surface area contributed by atoms with E-state index in [1.54, 1.807) is 18.6 Å². The molecule has 3 heterocycles. The molecule has 0 aliphatic heterocycles. The zero-order valence-electron chi connectivity index (χ0n) is 16.3. The number of benzene rings is 1. The summed E-state index contributed by atoms with van der Waals surface area (Å²) in [6.07, 6.45) is 4.91. The summed E-state index contributed by atoms with van der Waals surface area (Å²) in [4.78, 5) is 21.8. The van der Waals surface area contributed by atoms with E-state index in [2.05, 4.69) is 49.4 Å².